The fraction of sp³-hybridized carbons (Fsp3) is 0.154. The second-order valence-corrected chi connectivity index (χ2v) is 5.92. The van der Waals surface area contributed by atoms with E-state index in [9.17, 15) is 9.18 Å². The molecule has 0 aliphatic rings. The average molecular weight is 344 g/mol. The van der Waals surface area contributed by atoms with Crippen LogP contribution in [0.3, 0.4) is 0 Å². The van der Waals surface area contributed by atoms with Crippen LogP contribution >= 0.6 is 27.3 Å². The van der Waals surface area contributed by atoms with Crippen molar-refractivity contribution in [3.05, 3.63) is 49.9 Å². The zero-order valence-electron chi connectivity index (χ0n) is 10.1. The summed E-state index contributed by atoms with van der Waals surface area (Å²) >= 11 is 4.76. The Balaban J connectivity index is 2.12. The van der Waals surface area contributed by atoms with Crippen LogP contribution in [-0.4, -0.2) is 5.97 Å². The van der Waals surface area contributed by atoms with Gasteiger partial charge in [-0.15, -0.1) is 11.3 Å². The van der Waals surface area contributed by atoms with Crippen molar-refractivity contribution < 1.29 is 13.9 Å². The smallest absolute Gasteiger partial charge is 0.341 e. The molecule has 0 saturated heterocycles. The van der Waals surface area contributed by atoms with Gasteiger partial charge in [-0.1, -0.05) is 0 Å². The van der Waals surface area contributed by atoms with E-state index < -0.39 is 11.8 Å². The summed E-state index contributed by atoms with van der Waals surface area (Å²) in [7, 11) is 0. The maximum Gasteiger partial charge on any atom is 0.341 e. The highest BCUT2D eigenvalue weighted by atomic mass is 79.9. The van der Waals surface area contributed by atoms with Gasteiger partial charge in [-0.2, -0.15) is 0 Å². The molecule has 0 fully saturated rings. The molecule has 0 bridgehead atoms. The first kappa shape index (κ1) is 14.0. The van der Waals surface area contributed by atoms with Gasteiger partial charge < -0.3 is 10.5 Å². The predicted molar refractivity (Wildman–Crippen MR) is 76.7 cm³/mol. The maximum absolute atomic E-state index is 13.8. The molecule has 0 spiro atoms. The number of carbonyl (C=O) groups is 1. The van der Waals surface area contributed by atoms with Crippen LogP contribution in [0.2, 0.25) is 0 Å². The van der Waals surface area contributed by atoms with Gasteiger partial charge >= 0.3 is 5.97 Å². The van der Waals surface area contributed by atoms with E-state index in [0.29, 0.717) is 11.3 Å². The molecule has 1 heterocycles. The van der Waals surface area contributed by atoms with E-state index in [-0.39, 0.29) is 12.2 Å². The molecule has 0 aliphatic heterocycles. The fourth-order valence-corrected chi connectivity index (χ4v) is 2.95. The minimum absolute atomic E-state index is 0.113. The molecular formula is C13H11BrFNO2S. The lowest BCUT2D eigenvalue weighted by atomic mass is 10.1. The van der Waals surface area contributed by atoms with Gasteiger partial charge in [-0.05, 0) is 46.6 Å². The first-order valence-electron chi connectivity index (χ1n) is 5.43. The Morgan fingerprint density at radius 3 is 2.84 bits per heavy atom. The molecule has 2 aromatic rings. The maximum atomic E-state index is 13.8. The zero-order valence-corrected chi connectivity index (χ0v) is 12.5. The van der Waals surface area contributed by atoms with Gasteiger partial charge in [0.2, 0.25) is 0 Å². The molecule has 2 N–H and O–H groups in total. The van der Waals surface area contributed by atoms with Gasteiger partial charge in [-0.25, -0.2) is 9.18 Å². The number of benzene rings is 1. The van der Waals surface area contributed by atoms with Crippen molar-refractivity contribution in [1.82, 2.24) is 0 Å². The number of esters is 1. The van der Waals surface area contributed by atoms with Crippen molar-refractivity contribution in [2.45, 2.75) is 13.5 Å². The summed E-state index contributed by atoms with van der Waals surface area (Å²) < 4.78 is 19.8. The number of hydrogen-bond acceptors (Lipinski definition) is 4. The summed E-state index contributed by atoms with van der Waals surface area (Å²) in [4.78, 5) is 12.7. The summed E-state index contributed by atoms with van der Waals surface area (Å²) in [6, 6.07) is 4.61. The molecule has 0 atom stereocenters. The van der Waals surface area contributed by atoms with Crippen molar-refractivity contribution in [3.63, 3.8) is 0 Å². The van der Waals surface area contributed by atoms with Gasteiger partial charge in [0.1, 0.15) is 12.4 Å². The van der Waals surface area contributed by atoms with Crippen molar-refractivity contribution in [2.24, 2.45) is 0 Å². The molecule has 19 heavy (non-hydrogen) atoms. The Bertz CT molecular complexity index is 627. The molecule has 100 valence electrons. The first-order valence-corrected chi connectivity index (χ1v) is 7.10. The number of rotatable bonds is 3. The van der Waals surface area contributed by atoms with Crippen LogP contribution in [0.15, 0.2) is 28.1 Å². The van der Waals surface area contributed by atoms with E-state index in [4.69, 9.17) is 10.5 Å². The highest BCUT2D eigenvalue weighted by Gasteiger charge is 2.16. The van der Waals surface area contributed by atoms with Gasteiger partial charge in [0.15, 0.2) is 0 Å². The number of anilines is 1. The van der Waals surface area contributed by atoms with E-state index in [2.05, 4.69) is 15.9 Å². The number of carbonyl (C=O) groups excluding carboxylic acids is 1. The molecule has 0 aliphatic carbocycles. The highest BCUT2D eigenvalue weighted by molar-refractivity contribution is 9.10. The standard InChI is InChI=1S/C13H11BrFNO2S/c1-7-2-9(16)4-11(12(7)15)13(17)18-5-10-3-8(14)6-19-10/h2-4,6H,5,16H2,1H3. The van der Waals surface area contributed by atoms with Crippen molar-refractivity contribution in [3.8, 4) is 0 Å². The van der Waals surface area contributed by atoms with Crippen LogP contribution in [0.4, 0.5) is 10.1 Å². The van der Waals surface area contributed by atoms with Crippen LogP contribution < -0.4 is 5.73 Å². The van der Waals surface area contributed by atoms with Gasteiger partial charge in [0.05, 0.1) is 5.56 Å². The SMILES string of the molecule is Cc1cc(N)cc(C(=O)OCc2cc(Br)cs2)c1F. The summed E-state index contributed by atoms with van der Waals surface area (Å²) in [5, 5.41) is 1.88. The Morgan fingerprint density at radius 1 is 1.47 bits per heavy atom. The van der Waals surface area contributed by atoms with E-state index in [1.54, 1.807) is 6.92 Å². The zero-order chi connectivity index (χ0) is 14.0. The van der Waals surface area contributed by atoms with Crippen LogP contribution in [0, 0.1) is 12.7 Å². The number of aryl methyl sites for hydroxylation is 1. The summed E-state index contributed by atoms with van der Waals surface area (Å²) in [6.07, 6.45) is 0. The normalized spacial score (nSPS) is 10.5. The summed E-state index contributed by atoms with van der Waals surface area (Å²) in [6.45, 7) is 1.67. The van der Waals surface area contributed by atoms with Gasteiger partial charge in [0, 0.05) is 20.4 Å². The van der Waals surface area contributed by atoms with Crippen molar-refractivity contribution in [2.75, 3.05) is 5.73 Å². The van der Waals surface area contributed by atoms with E-state index in [0.717, 1.165) is 9.35 Å². The molecule has 0 radical (unpaired) electrons. The molecule has 0 amide bonds. The quantitative estimate of drug-likeness (QED) is 0.679. The van der Waals surface area contributed by atoms with Crippen LogP contribution in [0.25, 0.3) is 0 Å². The summed E-state index contributed by atoms with van der Waals surface area (Å²) in [5.74, 6) is -1.30. The third-order valence-corrected chi connectivity index (χ3v) is 4.14. The predicted octanol–water partition coefficient (Wildman–Crippen LogP) is 3.90. The highest BCUT2D eigenvalue weighted by Crippen LogP contribution is 2.22. The number of hydrogen-bond donors (Lipinski definition) is 1. The van der Waals surface area contributed by atoms with Gasteiger partial charge in [-0.3, -0.25) is 0 Å². The van der Waals surface area contributed by atoms with Crippen molar-refractivity contribution >= 4 is 38.9 Å². The minimum atomic E-state index is -0.711. The first-order chi connectivity index (χ1) is 8.97. The third-order valence-electron chi connectivity index (χ3n) is 2.46. The Kier molecular flexibility index (Phi) is 4.21. The molecule has 6 heteroatoms. The van der Waals surface area contributed by atoms with Crippen LogP contribution in [-0.2, 0) is 11.3 Å². The Labute approximate surface area is 122 Å². The fourth-order valence-electron chi connectivity index (χ4n) is 1.59. The number of nitrogen functional groups attached to an aromatic ring is 1. The monoisotopic (exact) mass is 343 g/mol. The summed E-state index contributed by atoms with van der Waals surface area (Å²) in [5.41, 5.74) is 6.13. The van der Waals surface area contributed by atoms with E-state index in [1.165, 1.54) is 23.5 Å². The number of thiophene rings is 1. The molecular weight excluding hydrogens is 333 g/mol. The molecule has 0 saturated carbocycles. The molecule has 2 rings (SSSR count). The number of ether oxygens (including phenoxy) is 1. The van der Waals surface area contributed by atoms with E-state index >= 15 is 0 Å². The molecule has 3 nitrogen and oxygen atoms in total. The second kappa shape index (κ2) is 5.71. The van der Waals surface area contributed by atoms with Gasteiger partial charge in [0.25, 0.3) is 0 Å². The minimum Gasteiger partial charge on any atom is -0.456 e. The second-order valence-electron chi connectivity index (χ2n) is 4.01. The lowest BCUT2D eigenvalue weighted by molar-refractivity contribution is 0.0471. The number of halogens is 2. The van der Waals surface area contributed by atoms with Crippen molar-refractivity contribution in [1.29, 1.82) is 0 Å². The lowest BCUT2D eigenvalue weighted by Crippen LogP contribution is -2.09. The molecule has 1 aromatic carbocycles. The molecule has 1 aromatic heterocycles. The van der Waals surface area contributed by atoms with E-state index in [1.807, 2.05) is 11.4 Å². The lowest BCUT2D eigenvalue weighted by Gasteiger charge is -2.07. The topological polar surface area (TPSA) is 52.3 Å². The Hall–Kier alpha value is -1.40. The number of nitrogens with two attached hydrogens (primary N) is 1. The van der Waals surface area contributed by atoms with Crippen LogP contribution in [0.1, 0.15) is 20.8 Å². The molecule has 0 unspecified atom stereocenters. The largest absolute Gasteiger partial charge is 0.456 e. The third kappa shape index (κ3) is 3.33. The average Bonchev–Trinajstić information content (AvgIpc) is 2.76. The van der Waals surface area contributed by atoms with Crippen LogP contribution in [0.5, 0.6) is 0 Å². The Morgan fingerprint density at radius 2 is 2.21 bits per heavy atom.